The molecule has 0 radical (unpaired) electrons. The van der Waals surface area contributed by atoms with Crippen molar-refractivity contribution < 1.29 is 0 Å². The Morgan fingerprint density at radius 2 is 2.07 bits per heavy atom. The summed E-state index contributed by atoms with van der Waals surface area (Å²) in [5, 5.41) is 10.5. The van der Waals surface area contributed by atoms with Crippen molar-refractivity contribution in [2.24, 2.45) is 11.3 Å². The lowest BCUT2D eigenvalue weighted by Gasteiger charge is -2.36. The molecule has 1 atom stereocenters. The quantitative estimate of drug-likeness (QED) is 0.489. The first kappa shape index (κ1) is 18.7. The summed E-state index contributed by atoms with van der Waals surface area (Å²) in [7, 11) is 0. The number of hydrogen-bond acceptors (Lipinski definition) is 5. The number of aryl methyl sites for hydroxylation is 3. The van der Waals surface area contributed by atoms with Crippen LogP contribution in [0.1, 0.15) is 61.3 Å². The van der Waals surface area contributed by atoms with E-state index < -0.39 is 0 Å². The Bertz CT molecular complexity index is 1210. The van der Waals surface area contributed by atoms with Gasteiger partial charge in [-0.05, 0) is 56.1 Å². The first-order valence-electron chi connectivity index (χ1n) is 10.5. The zero-order valence-corrected chi connectivity index (χ0v) is 18.7. The molecule has 4 aromatic rings. The Labute approximate surface area is 175 Å². The molecular weight excluding hydrogens is 380 g/mol. The first-order chi connectivity index (χ1) is 13.9. The van der Waals surface area contributed by atoms with E-state index in [1.165, 1.54) is 28.7 Å². The van der Waals surface area contributed by atoms with Crippen molar-refractivity contribution >= 4 is 27.2 Å². The molecule has 0 aromatic carbocycles. The molecule has 0 N–H and O–H groups in total. The molecule has 5 rings (SSSR count). The Balaban J connectivity index is 1.56. The largest absolute Gasteiger partial charge is 0.262 e. The Kier molecular flexibility index (Phi) is 4.28. The fourth-order valence-corrected chi connectivity index (χ4v) is 5.87. The van der Waals surface area contributed by atoms with Crippen LogP contribution in [0.4, 0.5) is 0 Å². The molecule has 0 saturated heterocycles. The van der Waals surface area contributed by atoms with Crippen molar-refractivity contribution in [3.05, 3.63) is 40.0 Å². The van der Waals surface area contributed by atoms with Gasteiger partial charge in [-0.2, -0.15) is 5.10 Å². The summed E-state index contributed by atoms with van der Waals surface area (Å²) >= 11 is 1.85. The van der Waals surface area contributed by atoms with Crippen molar-refractivity contribution in [1.82, 2.24) is 29.4 Å². The third kappa shape index (κ3) is 3.06. The number of fused-ring (bicyclic) bond motifs is 5. The Morgan fingerprint density at radius 1 is 1.24 bits per heavy atom. The Morgan fingerprint density at radius 3 is 2.79 bits per heavy atom. The predicted molar refractivity (Wildman–Crippen MR) is 117 cm³/mol. The predicted octanol–water partition coefficient (Wildman–Crippen LogP) is 4.74. The van der Waals surface area contributed by atoms with E-state index >= 15 is 0 Å². The van der Waals surface area contributed by atoms with Crippen molar-refractivity contribution in [3.8, 4) is 0 Å². The molecule has 152 valence electrons. The van der Waals surface area contributed by atoms with E-state index in [9.17, 15) is 0 Å². The maximum Gasteiger partial charge on any atom is 0.173 e. The monoisotopic (exact) mass is 408 g/mol. The summed E-state index contributed by atoms with van der Waals surface area (Å²) < 4.78 is 3.81. The lowest BCUT2D eigenvalue weighted by atomic mass is 9.70. The number of nitrogens with zero attached hydrogens (tertiary/aromatic N) is 6. The van der Waals surface area contributed by atoms with Crippen LogP contribution >= 0.6 is 11.3 Å². The second-order valence-electron chi connectivity index (χ2n) is 9.09. The summed E-state index contributed by atoms with van der Waals surface area (Å²) in [6.07, 6.45) is 6.55. The minimum atomic E-state index is 0.387. The molecule has 0 spiro atoms. The molecule has 29 heavy (non-hydrogen) atoms. The summed E-state index contributed by atoms with van der Waals surface area (Å²) in [6, 6.07) is 2.08. The van der Waals surface area contributed by atoms with Gasteiger partial charge in [-0.25, -0.2) is 14.5 Å². The SMILES string of the molecule is CCC(C)(C)C1CCc2c(sc3ncn4nc(Cn5nc(C)cc5C)nc4c23)C1. The highest BCUT2D eigenvalue weighted by molar-refractivity contribution is 7.19. The molecule has 1 unspecified atom stereocenters. The van der Waals surface area contributed by atoms with E-state index in [4.69, 9.17) is 15.1 Å². The van der Waals surface area contributed by atoms with Gasteiger partial charge in [-0.1, -0.05) is 27.2 Å². The standard InChI is InChI=1S/C22H28N6S/c1-6-22(4,5)15-7-8-16-17(10-15)29-21-19(16)20-24-18(26-28(20)12-23-21)11-27-14(3)9-13(2)25-27/h9,12,15H,6-8,10-11H2,1-5H3. The van der Waals surface area contributed by atoms with Gasteiger partial charge in [0.15, 0.2) is 11.5 Å². The van der Waals surface area contributed by atoms with Gasteiger partial charge >= 0.3 is 0 Å². The minimum absolute atomic E-state index is 0.387. The highest BCUT2D eigenvalue weighted by Gasteiger charge is 2.33. The van der Waals surface area contributed by atoms with E-state index in [0.717, 1.165) is 46.4 Å². The summed E-state index contributed by atoms with van der Waals surface area (Å²) in [5.41, 5.74) is 4.93. The molecule has 1 aliphatic carbocycles. The van der Waals surface area contributed by atoms with Gasteiger partial charge in [0.1, 0.15) is 17.7 Å². The average Bonchev–Trinajstić information content (AvgIpc) is 3.35. The molecule has 0 fully saturated rings. The number of hydrogen-bond donors (Lipinski definition) is 0. The number of rotatable bonds is 4. The van der Waals surface area contributed by atoms with Crippen LogP contribution in [0.2, 0.25) is 0 Å². The van der Waals surface area contributed by atoms with E-state index in [2.05, 4.69) is 38.9 Å². The third-order valence-electron chi connectivity index (χ3n) is 6.84. The zero-order valence-electron chi connectivity index (χ0n) is 17.9. The molecule has 0 amide bonds. The lowest BCUT2D eigenvalue weighted by Crippen LogP contribution is -2.28. The van der Waals surface area contributed by atoms with Crippen LogP contribution in [-0.2, 0) is 19.4 Å². The smallest absolute Gasteiger partial charge is 0.173 e. The second-order valence-corrected chi connectivity index (χ2v) is 10.2. The molecule has 4 aromatic heterocycles. The van der Waals surface area contributed by atoms with Crippen molar-refractivity contribution in [2.45, 2.75) is 66.8 Å². The number of aromatic nitrogens is 6. The van der Waals surface area contributed by atoms with E-state index in [1.807, 2.05) is 33.8 Å². The van der Waals surface area contributed by atoms with Crippen LogP contribution in [0, 0.1) is 25.2 Å². The van der Waals surface area contributed by atoms with Gasteiger partial charge < -0.3 is 0 Å². The van der Waals surface area contributed by atoms with E-state index in [0.29, 0.717) is 12.0 Å². The summed E-state index contributed by atoms with van der Waals surface area (Å²) in [4.78, 5) is 12.2. The molecule has 4 heterocycles. The van der Waals surface area contributed by atoms with Crippen LogP contribution in [-0.4, -0.2) is 29.4 Å². The van der Waals surface area contributed by atoms with Crippen molar-refractivity contribution in [3.63, 3.8) is 0 Å². The molecule has 6 nitrogen and oxygen atoms in total. The minimum Gasteiger partial charge on any atom is -0.262 e. The highest BCUT2D eigenvalue weighted by atomic mass is 32.1. The molecule has 0 bridgehead atoms. The van der Waals surface area contributed by atoms with Crippen LogP contribution in [0.5, 0.6) is 0 Å². The van der Waals surface area contributed by atoms with Crippen LogP contribution < -0.4 is 0 Å². The zero-order chi connectivity index (χ0) is 20.3. The first-order valence-corrected chi connectivity index (χ1v) is 11.3. The molecule has 1 aliphatic rings. The third-order valence-corrected chi connectivity index (χ3v) is 8.00. The van der Waals surface area contributed by atoms with Gasteiger partial charge in [0.2, 0.25) is 0 Å². The van der Waals surface area contributed by atoms with Gasteiger partial charge in [0, 0.05) is 10.6 Å². The highest BCUT2D eigenvalue weighted by Crippen LogP contribution is 2.44. The second kappa shape index (κ2) is 6.62. The van der Waals surface area contributed by atoms with Crippen LogP contribution in [0.15, 0.2) is 12.4 Å². The topological polar surface area (TPSA) is 60.9 Å². The fraction of sp³-hybridized carbons (Fsp3) is 0.545. The van der Waals surface area contributed by atoms with Crippen molar-refractivity contribution in [1.29, 1.82) is 0 Å². The molecular formula is C22H28N6S. The van der Waals surface area contributed by atoms with Gasteiger partial charge in [-0.3, -0.25) is 4.68 Å². The fourth-order valence-electron chi connectivity index (χ4n) is 4.61. The maximum atomic E-state index is 4.91. The summed E-state index contributed by atoms with van der Waals surface area (Å²) in [5.74, 6) is 1.52. The van der Waals surface area contributed by atoms with Crippen molar-refractivity contribution in [2.75, 3.05) is 0 Å². The lowest BCUT2D eigenvalue weighted by molar-refractivity contribution is 0.184. The summed E-state index contributed by atoms with van der Waals surface area (Å²) in [6.45, 7) is 11.8. The van der Waals surface area contributed by atoms with Crippen LogP contribution in [0.3, 0.4) is 0 Å². The number of thiophene rings is 1. The van der Waals surface area contributed by atoms with Crippen LogP contribution in [0.25, 0.3) is 15.9 Å². The molecule has 0 saturated carbocycles. The van der Waals surface area contributed by atoms with Gasteiger partial charge in [0.05, 0.1) is 11.1 Å². The normalized spacial score (nSPS) is 17.3. The maximum absolute atomic E-state index is 4.91. The Hall–Kier alpha value is -2.28. The molecule has 0 aliphatic heterocycles. The average molecular weight is 409 g/mol. The van der Waals surface area contributed by atoms with E-state index in [1.54, 1.807) is 0 Å². The van der Waals surface area contributed by atoms with Gasteiger partial charge in [-0.15, -0.1) is 16.4 Å². The molecule has 7 heteroatoms. The van der Waals surface area contributed by atoms with Gasteiger partial charge in [0.25, 0.3) is 0 Å². The van der Waals surface area contributed by atoms with E-state index in [-0.39, 0.29) is 0 Å².